The highest BCUT2D eigenvalue weighted by molar-refractivity contribution is 8.04. The van der Waals surface area contributed by atoms with Gasteiger partial charge in [0.05, 0.1) is 17.0 Å². The standard InChI is InChI=1S/C19H16FNO2S/c1-2-24-17-16(13-8-4-3-5-9-13)18(22)21(19(17)23)12-14-10-6-7-11-15(14)20/h3-11H,2,12H2,1H3. The molecule has 0 fully saturated rings. The van der Waals surface area contributed by atoms with Crippen LogP contribution in [0.25, 0.3) is 5.57 Å². The molecule has 0 radical (unpaired) electrons. The zero-order valence-corrected chi connectivity index (χ0v) is 14.0. The molecule has 0 bridgehead atoms. The number of amides is 2. The third kappa shape index (κ3) is 2.99. The van der Waals surface area contributed by atoms with Gasteiger partial charge in [-0.05, 0) is 17.4 Å². The summed E-state index contributed by atoms with van der Waals surface area (Å²) in [5.74, 6) is -0.464. The van der Waals surface area contributed by atoms with E-state index in [2.05, 4.69) is 0 Å². The van der Waals surface area contributed by atoms with E-state index in [1.54, 1.807) is 18.2 Å². The third-order valence-electron chi connectivity index (χ3n) is 3.76. The summed E-state index contributed by atoms with van der Waals surface area (Å²) in [7, 11) is 0. The molecule has 2 aromatic rings. The van der Waals surface area contributed by atoms with E-state index < -0.39 is 5.82 Å². The van der Waals surface area contributed by atoms with Crippen molar-refractivity contribution in [2.24, 2.45) is 0 Å². The van der Waals surface area contributed by atoms with Crippen molar-refractivity contribution in [2.45, 2.75) is 13.5 Å². The summed E-state index contributed by atoms with van der Waals surface area (Å²) >= 11 is 1.35. The molecular weight excluding hydrogens is 325 g/mol. The first-order valence-corrected chi connectivity index (χ1v) is 8.64. The molecule has 24 heavy (non-hydrogen) atoms. The lowest BCUT2D eigenvalue weighted by Gasteiger charge is -2.15. The topological polar surface area (TPSA) is 37.4 Å². The summed E-state index contributed by atoms with van der Waals surface area (Å²) in [6.45, 7) is 1.87. The molecule has 0 spiro atoms. The van der Waals surface area contributed by atoms with Crippen molar-refractivity contribution in [3.63, 3.8) is 0 Å². The molecule has 1 aliphatic heterocycles. The van der Waals surface area contributed by atoms with Crippen molar-refractivity contribution in [2.75, 3.05) is 5.75 Å². The normalized spacial score (nSPS) is 14.7. The van der Waals surface area contributed by atoms with Crippen LogP contribution in [0, 0.1) is 5.82 Å². The van der Waals surface area contributed by atoms with Crippen LogP contribution in [0.4, 0.5) is 4.39 Å². The maximum absolute atomic E-state index is 13.9. The van der Waals surface area contributed by atoms with Crippen LogP contribution < -0.4 is 0 Å². The summed E-state index contributed by atoms with van der Waals surface area (Å²) in [6, 6.07) is 15.3. The van der Waals surface area contributed by atoms with Gasteiger partial charge in [0.15, 0.2) is 0 Å². The second-order valence-electron chi connectivity index (χ2n) is 5.29. The highest BCUT2D eigenvalue weighted by Gasteiger charge is 2.39. The fourth-order valence-corrected chi connectivity index (χ4v) is 3.50. The van der Waals surface area contributed by atoms with Crippen molar-refractivity contribution < 1.29 is 14.0 Å². The number of hydrogen-bond acceptors (Lipinski definition) is 3. The molecule has 122 valence electrons. The highest BCUT2D eigenvalue weighted by atomic mass is 32.2. The molecule has 5 heteroatoms. The number of carbonyl (C=O) groups excluding carboxylic acids is 2. The summed E-state index contributed by atoms with van der Waals surface area (Å²) in [5, 5.41) is 0. The Morgan fingerprint density at radius 1 is 0.958 bits per heavy atom. The molecule has 3 rings (SSSR count). The van der Waals surface area contributed by atoms with Gasteiger partial charge in [0.2, 0.25) is 0 Å². The number of halogens is 1. The number of hydrogen-bond donors (Lipinski definition) is 0. The van der Waals surface area contributed by atoms with Crippen molar-refractivity contribution >= 4 is 29.1 Å². The monoisotopic (exact) mass is 341 g/mol. The van der Waals surface area contributed by atoms with Crippen molar-refractivity contribution in [1.82, 2.24) is 4.90 Å². The number of thioether (sulfide) groups is 1. The average molecular weight is 341 g/mol. The molecule has 0 saturated carbocycles. The Morgan fingerprint density at radius 2 is 1.62 bits per heavy atom. The SMILES string of the molecule is CCSC1=C(c2ccccc2)C(=O)N(Cc2ccccc2F)C1=O. The fraction of sp³-hybridized carbons (Fsp3) is 0.158. The lowest BCUT2D eigenvalue weighted by molar-refractivity contribution is -0.137. The van der Waals surface area contributed by atoms with Gasteiger partial charge < -0.3 is 0 Å². The van der Waals surface area contributed by atoms with Gasteiger partial charge in [-0.25, -0.2) is 4.39 Å². The van der Waals surface area contributed by atoms with Gasteiger partial charge in [-0.3, -0.25) is 14.5 Å². The molecule has 0 unspecified atom stereocenters. The second-order valence-corrected chi connectivity index (χ2v) is 6.57. The summed E-state index contributed by atoms with van der Waals surface area (Å²) in [5.41, 5.74) is 1.45. The van der Waals surface area contributed by atoms with E-state index in [1.165, 1.54) is 17.8 Å². The van der Waals surface area contributed by atoms with E-state index in [-0.39, 0.29) is 18.4 Å². The molecule has 2 aromatic carbocycles. The molecule has 3 nitrogen and oxygen atoms in total. The van der Waals surface area contributed by atoms with E-state index in [0.29, 0.717) is 27.4 Å². The van der Waals surface area contributed by atoms with Gasteiger partial charge in [0, 0.05) is 5.56 Å². The molecule has 0 atom stereocenters. The molecule has 0 aliphatic carbocycles. The Bertz CT molecular complexity index is 817. The molecule has 0 aromatic heterocycles. The molecule has 0 N–H and O–H groups in total. The van der Waals surface area contributed by atoms with Crippen molar-refractivity contribution in [1.29, 1.82) is 0 Å². The van der Waals surface area contributed by atoms with Crippen LogP contribution in [-0.2, 0) is 16.1 Å². The molecule has 2 amide bonds. The second kappa shape index (κ2) is 7.01. The van der Waals surface area contributed by atoms with Gasteiger partial charge in [0.25, 0.3) is 11.8 Å². The number of imide groups is 1. The van der Waals surface area contributed by atoms with Crippen LogP contribution in [0.2, 0.25) is 0 Å². The van der Waals surface area contributed by atoms with Gasteiger partial charge in [-0.1, -0.05) is 55.5 Å². The quantitative estimate of drug-likeness (QED) is 0.775. The number of benzene rings is 2. The van der Waals surface area contributed by atoms with Gasteiger partial charge in [-0.2, -0.15) is 0 Å². The van der Waals surface area contributed by atoms with Gasteiger partial charge in [-0.15, -0.1) is 11.8 Å². The van der Waals surface area contributed by atoms with Crippen molar-refractivity contribution in [3.8, 4) is 0 Å². The average Bonchev–Trinajstić information content (AvgIpc) is 2.82. The van der Waals surface area contributed by atoms with Crippen LogP contribution >= 0.6 is 11.8 Å². The minimum Gasteiger partial charge on any atom is -0.269 e. The van der Waals surface area contributed by atoms with Gasteiger partial charge in [0.1, 0.15) is 5.82 Å². The van der Waals surface area contributed by atoms with Crippen LogP contribution in [0.1, 0.15) is 18.1 Å². The first-order valence-electron chi connectivity index (χ1n) is 7.65. The fourth-order valence-electron chi connectivity index (χ4n) is 2.63. The maximum Gasteiger partial charge on any atom is 0.268 e. The lowest BCUT2D eigenvalue weighted by atomic mass is 10.1. The number of nitrogens with zero attached hydrogens (tertiary/aromatic N) is 1. The number of carbonyl (C=O) groups is 2. The van der Waals surface area contributed by atoms with Crippen LogP contribution in [0.3, 0.4) is 0 Å². The smallest absolute Gasteiger partial charge is 0.268 e. The van der Waals surface area contributed by atoms with E-state index in [9.17, 15) is 14.0 Å². The van der Waals surface area contributed by atoms with E-state index in [0.717, 1.165) is 4.90 Å². The summed E-state index contributed by atoms with van der Waals surface area (Å²) < 4.78 is 13.9. The zero-order valence-electron chi connectivity index (χ0n) is 13.2. The van der Waals surface area contributed by atoms with Gasteiger partial charge >= 0.3 is 0 Å². The maximum atomic E-state index is 13.9. The molecule has 1 aliphatic rings. The Labute approximate surface area is 144 Å². The lowest BCUT2D eigenvalue weighted by Crippen LogP contribution is -2.31. The Morgan fingerprint density at radius 3 is 2.29 bits per heavy atom. The minimum absolute atomic E-state index is 0.0611. The van der Waals surface area contributed by atoms with E-state index in [4.69, 9.17) is 0 Å². The Hall–Kier alpha value is -2.40. The molecular formula is C19H16FNO2S. The first-order chi connectivity index (χ1) is 11.6. The number of rotatable bonds is 5. The Kier molecular flexibility index (Phi) is 4.81. The van der Waals surface area contributed by atoms with Crippen molar-refractivity contribution in [3.05, 3.63) is 76.4 Å². The largest absolute Gasteiger partial charge is 0.269 e. The Balaban J connectivity index is 1.98. The highest BCUT2D eigenvalue weighted by Crippen LogP contribution is 2.36. The summed E-state index contributed by atoms with van der Waals surface area (Å²) in [4.78, 5) is 27.1. The van der Waals surface area contributed by atoms with E-state index in [1.807, 2.05) is 37.3 Å². The predicted octanol–water partition coefficient (Wildman–Crippen LogP) is 3.86. The predicted molar refractivity (Wildman–Crippen MR) is 93.5 cm³/mol. The van der Waals surface area contributed by atoms with Crippen LogP contribution in [0.5, 0.6) is 0 Å². The molecule has 0 saturated heterocycles. The minimum atomic E-state index is -0.420. The first kappa shape index (κ1) is 16.5. The summed E-state index contributed by atoms with van der Waals surface area (Å²) in [6.07, 6.45) is 0. The molecule has 1 heterocycles. The third-order valence-corrected chi connectivity index (χ3v) is 4.72. The van der Waals surface area contributed by atoms with Crippen LogP contribution in [0.15, 0.2) is 59.5 Å². The van der Waals surface area contributed by atoms with E-state index >= 15 is 0 Å². The van der Waals surface area contributed by atoms with Crippen LogP contribution in [-0.4, -0.2) is 22.5 Å². The zero-order chi connectivity index (χ0) is 17.1.